The number of aliphatic hydroxyl groups excluding tert-OH is 1. The van der Waals surface area contributed by atoms with E-state index >= 15 is 0 Å². The van der Waals surface area contributed by atoms with Crippen molar-refractivity contribution in [1.29, 1.82) is 0 Å². The number of halogens is 1. The van der Waals surface area contributed by atoms with Gasteiger partial charge in [0.05, 0.1) is 10.7 Å². The summed E-state index contributed by atoms with van der Waals surface area (Å²) in [6.45, 7) is 4.08. The Hall–Kier alpha value is -1.06. The Bertz CT molecular complexity index is 502. The molecule has 1 aromatic carbocycles. The molecule has 1 unspecified atom stereocenters. The third-order valence-electron chi connectivity index (χ3n) is 2.74. The molecule has 0 saturated heterocycles. The Labute approximate surface area is 103 Å². The SMILES string of the molecule is Cc1ccc(C(O)c2occc2Br)cc1C. The number of hydrogen-bond donors (Lipinski definition) is 1. The van der Waals surface area contributed by atoms with E-state index in [4.69, 9.17) is 4.42 Å². The summed E-state index contributed by atoms with van der Waals surface area (Å²) in [5.41, 5.74) is 3.23. The third-order valence-corrected chi connectivity index (χ3v) is 3.39. The lowest BCUT2D eigenvalue weighted by molar-refractivity contribution is 0.188. The van der Waals surface area contributed by atoms with Crippen LogP contribution in [0.15, 0.2) is 39.4 Å². The molecule has 1 heterocycles. The molecular formula is C13H13BrO2. The topological polar surface area (TPSA) is 33.4 Å². The van der Waals surface area contributed by atoms with Crippen LogP contribution in [0.4, 0.5) is 0 Å². The van der Waals surface area contributed by atoms with Crippen LogP contribution in [-0.2, 0) is 0 Å². The van der Waals surface area contributed by atoms with E-state index in [1.807, 2.05) is 32.0 Å². The average Bonchev–Trinajstić information content (AvgIpc) is 2.67. The fraction of sp³-hybridized carbons (Fsp3) is 0.231. The Morgan fingerprint density at radius 1 is 1.19 bits per heavy atom. The van der Waals surface area contributed by atoms with Crippen LogP contribution in [0.5, 0.6) is 0 Å². The van der Waals surface area contributed by atoms with Gasteiger partial charge in [-0.1, -0.05) is 18.2 Å². The van der Waals surface area contributed by atoms with Gasteiger partial charge in [0, 0.05) is 0 Å². The van der Waals surface area contributed by atoms with Crippen molar-refractivity contribution >= 4 is 15.9 Å². The number of aliphatic hydroxyl groups is 1. The molecule has 0 amide bonds. The molecule has 1 aromatic heterocycles. The first-order valence-corrected chi connectivity index (χ1v) is 5.87. The standard InChI is InChI=1S/C13H13BrO2/c1-8-3-4-10(7-9(8)2)12(15)13-11(14)5-6-16-13/h3-7,12,15H,1-2H3. The zero-order valence-electron chi connectivity index (χ0n) is 9.20. The van der Waals surface area contributed by atoms with E-state index in [1.54, 1.807) is 12.3 Å². The Kier molecular flexibility index (Phi) is 3.17. The summed E-state index contributed by atoms with van der Waals surface area (Å²) in [6, 6.07) is 7.68. The fourth-order valence-corrected chi connectivity index (χ4v) is 2.00. The molecule has 2 rings (SSSR count). The number of hydrogen-bond acceptors (Lipinski definition) is 2. The maximum absolute atomic E-state index is 10.2. The first kappa shape index (κ1) is 11.4. The molecule has 0 aliphatic rings. The van der Waals surface area contributed by atoms with Gasteiger partial charge in [-0.3, -0.25) is 0 Å². The van der Waals surface area contributed by atoms with E-state index in [0.717, 1.165) is 10.0 Å². The quantitative estimate of drug-likeness (QED) is 0.909. The highest BCUT2D eigenvalue weighted by Crippen LogP contribution is 2.30. The minimum absolute atomic E-state index is 0.545. The lowest BCUT2D eigenvalue weighted by Gasteiger charge is -2.11. The Morgan fingerprint density at radius 2 is 1.94 bits per heavy atom. The number of furan rings is 1. The van der Waals surface area contributed by atoms with Crippen molar-refractivity contribution < 1.29 is 9.52 Å². The van der Waals surface area contributed by atoms with Crippen molar-refractivity contribution in [2.75, 3.05) is 0 Å². The van der Waals surface area contributed by atoms with E-state index in [-0.39, 0.29) is 0 Å². The van der Waals surface area contributed by atoms with Crippen LogP contribution in [0, 0.1) is 13.8 Å². The second-order valence-electron chi connectivity index (χ2n) is 3.88. The molecule has 0 fully saturated rings. The predicted molar refractivity (Wildman–Crippen MR) is 66.4 cm³/mol. The number of aryl methyl sites for hydroxylation is 2. The zero-order chi connectivity index (χ0) is 11.7. The minimum Gasteiger partial charge on any atom is -0.465 e. The van der Waals surface area contributed by atoms with E-state index in [9.17, 15) is 5.11 Å². The molecule has 0 radical (unpaired) electrons. The normalized spacial score (nSPS) is 12.8. The van der Waals surface area contributed by atoms with Crippen LogP contribution in [-0.4, -0.2) is 5.11 Å². The highest BCUT2D eigenvalue weighted by Gasteiger charge is 2.17. The molecular weight excluding hydrogens is 268 g/mol. The number of rotatable bonds is 2. The van der Waals surface area contributed by atoms with Crippen molar-refractivity contribution in [3.63, 3.8) is 0 Å². The van der Waals surface area contributed by atoms with Gasteiger partial charge in [-0.05, 0) is 52.5 Å². The Morgan fingerprint density at radius 3 is 2.50 bits per heavy atom. The smallest absolute Gasteiger partial charge is 0.150 e. The van der Waals surface area contributed by atoms with Gasteiger partial charge in [0.15, 0.2) is 5.76 Å². The van der Waals surface area contributed by atoms with E-state index in [0.29, 0.717) is 5.76 Å². The van der Waals surface area contributed by atoms with Crippen molar-refractivity contribution in [1.82, 2.24) is 0 Å². The van der Waals surface area contributed by atoms with Crippen LogP contribution in [0.1, 0.15) is 28.6 Å². The molecule has 1 N–H and O–H groups in total. The molecule has 0 aliphatic carbocycles. The maximum atomic E-state index is 10.2. The van der Waals surface area contributed by atoms with Crippen LogP contribution >= 0.6 is 15.9 Å². The first-order chi connectivity index (χ1) is 7.59. The number of benzene rings is 1. The minimum atomic E-state index is -0.719. The van der Waals surface area contributed by atoms with Crippen LogP contribution in [0.3, 0.4) is 0 Å². The van der Waals surface area contributed by atoms with Gasteiger partial charge in [0.2, 0.25) is 0 Å². The van der Waals surface area contributed by atoms with Gasteiger partial charge in [-0.15, -0.1) is 0 Å². The van der Waals surface area contributed by atoms with Gasteiger partial charge in [-0.25, -0.2) is 0 Å². The summed E-state index contributed by atoms with van der Waals surface area (Å²) in [6.07, 6.45) is 0.840. The summed E-state index contributed by atoms with van der Waals surface area (Å²) in [5.74, 6) is 0.545. The highest BCUT2D eigenvalue weighted by molar-refractivity contribution is 9.10. The van der Waals surface area contributed by atoms with Crippen molar-refractivity contribution in [3.8, 4) is 0 Å². The van der Waals surface area contributed by atoms with E-state index < -0.39 is 6.10 Å². The second-order valence-corrected chi connectivity index (χ2v) is 4.73. The summed E-state index contributed by atoms with van der Waals surface area (Å²) in [4.78, 5) is 0. The predicted octanol–water partition coefficient (Wildman–Crippen LogP) is 3.74. The average molecular weight is 281 g/mol. The molecule has 2 aromatic rings. The second kappa shape index (κ2) is 4.44. The molecule has 0 bridgehead atoms. The molecule has 0 aliphatic heterocycles. The van der Waals surface area contributed by atoms with Gasteiger partial charge in [0.1, 0.15) is 6.10 Å². The molecule has 0 saturated carbocycles. The molecule has 84 valence electrons. The van der Waals surface area contributed by atoms with Gasteiger partial charge in [-0.2, -0.15) is 0 Å². The highest BCUT2D eigenvalue weighted by atomic mass is 79.9. The monoisotopic (exact) mass is 280 g/mol. The molecule has 3 heteroatoms. The van der Waals surface area contributed by atoms with Crippen molar-refractivity contribution in [2.24, 2.45) is 0 Å². The maximum Gasteiger partial charge on any atom is 0.150 e. The lowest BCUT2D eigenvalue weighted by Crippen LogP contribution is -1.99. The summed E-state index contributed by atoms with van der Waals surface area (Å²) >= 11 is 3.34. The first-order valence-electron chi connectivity index (χ1n) is 5.07. The summed E-state index contributed by atoms with van der Waals surface area (Å²) < 4.78 is 6.04. The third kappa shape index (κ3) is 2.06. The van der Waals surface area contributed by atoms with Crippen LogP contribution < -0.4 is 0 Å². The molecule has 16 heavy (non-hydrogen) atoms. The van der Waals surface area contributed by atoms with E-state index in [2.05, 4.69) is 15.9 Å². The van der Waals surface area contributed by atoms with Gasteiger partial charge >= 0.3 is 0 Å². The summed E-state index contributed by atoms with van der Waals surface area (Å²) in [5, 5.41) is 10.2. The zero-order valence-corrected chi connectivity index (χ0v) is 10.8. The largest absolute Gasteiger partial charge is 0.465 e. The van der Waals surface area contributed by atoms with Crippen LogP contribution in [0.25, 0.3) is 0 Å². The van der Waals surface area contributed by atoms with E-state index in [1.165, 1.54) is 11.1 Å². The molecule has 0 spiro atoms. The fourth-order valence-electron chi connectivity index (χ4n) is 1.59. The van der Waals surface area contributed by atoms with Crippen LogP contribution in [0.2, 0.25) is 0 Å². The molecule has 2 nitrogen and oxygen atoms in total. The van der Waals surface area contributed by atoms with Crippen molar-refractivity contribution in [2.45, 2.75) is 20.0 Å². The summed E-state index contributed by atoms with van der Waals surface area (Å²) in [7, 11) is 0. The van der Waals surface area contributed by atoms with Gasteiger partial charge < -0.3 is 9.52 Å². The lowest BCUT2D eigenvalue weighted by atomic mass is 10.0. The Balaban J connectivity index is 2.38. The van der Waals surface area contributed by atoms with Gasteiger partial charge in [0.25, 0.3) is 0 Å². The van der Waals surface area contributed by atoms with Crippen molar-refractivity contribution in [3.05, 3.63) is 57.5 Å². The molecule has 1 atom stereocenters.